The number of benzene rings is 3. The van der Waals surface area contributed by atoms with E-state index < -0.39 is 47.4 Å². The molecule has 0 saturated carbocycles. The maximum atomic E-state index is 14.4. The van der Waals surface area contributed by atoms with E-state index in [-0.39, 0.29) is 37.9 Å². The first-order valence-corrected chi connectivity index (χ1v) is 24.2. The van der Waals surface area contributed by atoms with Crippen molar-refractivity contribution >= 4 is 52.1 Å². The summed E-state index contributed by atoms with van der Waals surface area (Å²) < 4.78 is 13.2. The molecule has 0 aliphatic carbocycles. The number of carbonyl (C=O) groups excluding carboxylic acids is 4. The van der Waals surface area contributed by atoms with Crippen LogP contribution in [0.5, 0.6) is 5.75 Å². The van der Waals surface area contributed by atoms with E-state index in [0.29, 0.717) is 17.4 Å². The fourth-order valence-corrected chi connectivity index (χ4v) is 10.8. The van der Waals surface area contributed by atoms with Crippen molar-refractivity contribution in [2.45, 2.75) is 98.5 Å². The van der Waals surface area contributed by atoms with Crippen molar-refractivity contribution in [3.8, 4) is 32.3 Å². The molecule has 0 radical (unpaired) electrons. The maximum Gasteiger partial charge on any atom is 0.308 e. The fourth-order valence-electron chi connectivity index (χ4n) is 8.77. The average molecular weight is 957 g/mol. The number of aromatic nitrogens is 4. The lowest BCUT2D eigenvalue weighted by molar-refractivity contribution is -0.144. The van der Waals surface area contributed by atoms with E-state index >= 15 is 0 Å². The highest BCUT2D eigenvalue weighted by atomic mass is 32.1. The van der Waals surface area contributed by atoms with Gasteiger partial charge < -0.3 is 30.1 Å². The zero-order chi connectivity index (χ0) is 48.6. The third kappa shape index (κ3) is 9.73. The third-order valence-corrected chi connectivity index (χ3v) is 14.8. The fraction of sp³-hybridized carbons (Fsp3) is 0.373. The van der Waals surface area contributed by atoms with Gasteiger partial charge in [-0.25, -0.2) is 4.98 Å². The number of hydrogen-bond acceptors (Lipinski definition) is 13. The average Bonchev–Trinajstić information content (AvgIpc) is 4.09. The summed E-state index contributed by atoms with van der Waals surface area (Å²) in [6, 6.07) is 20.2. The molecule has 6 aromatic rings. The number of aliphatic hydroxyl groups excluding tert-OH is 1. The number of likely N-dealkylation sites (tertiary alicyclic amines) is 1. The molecule has 0 bridgehead atoms. The number of aryl methyl sites for hydroxylation is 3. The van der Waals surface area contributed by atoms with Crippen molar-refractivity contribution in [2.24, 2.45) is 10.4 Å². The van der Waals surface area contributed by atoms with Gasteiger partial charge in [0.05, 0.1) is 47.5 Å². The van der Waals surface area contributed by atoms with E-state index in [1.807, 2.05) is 118 Å². The minimum atomic E-state index is -1.03. The molecule has 68 heavy (non-hydrogen) atoms. The Morgan fingerprint density at radius 3 is 2.28 bits per heavy atom. The number of thiazole rings is 1. The number of para-hydroxylation sites is 1. The van der Waals surface area contributed by atoms with Gasteiger partial charge in [-0.3, -0.25) is 28.7 Å². The van der Waals surface area contributed by atoms with Crippen LogP contribution in [0.2, 0.25) is 0 Å². The van der Waals surface area contributed by atoms with Crippen LogP contribution in [-0.4, -0.2) is 97.6 Å². The lowest BCUT2D eigenvalue weighted by atomic mass is 9.85. The van der Waals surface area contributed by atoms with Crippen LogP contribution < -0.4 is 15.4 Å². The van der Waals surface area contributed by atoms with Gasteiger partial charge in [0, 0.05) is 34.5 Å². The second-order valence-electron chi connectivity index (χ2n) is 18.4. The highest BCUT2D eigenvalue weighted by Crippen LogP contribution is 2.40. The van der Waals surface area contributed by atoms with Crippen molar-refractivity contribution in [3.05, 3.63) is 123 Å². The molecule has 3 amide bonds. The maximum absolute atomic E-state index is 14.4. The summed E-state index contributed by atoms with van der Waals surface area (Å²) in [6.07, 6.45) is -0.841. The number of esters is 1. The summed E-state index contributed by atoms with van der Waals surface area (Å²) in [6.45, 7) is 15.0. The predicted molar refractivity (Wildman–Crippen MR) is 262 cm³/mol. The smallest absolute Gasteiger partial charge is 0.308 e. The topological polar surface area (TPSA) is 190 Å². The highest BCUT2D eigenvalue weighted by molar-refractivity contribution is 7.15. The first kappa shape index (κ1) is 47.9. The van der Waals surface area contributed by atoms with Gasteiger partial charge in [-0.05, 0) is 68.4 Å². The van der Waals surface area contributed by atoms with E-state index in [1.165, 1.54) is 12.0 Å². The summed E-state index contributed by atoms with van der Waals surface area (Å²) in [5, 5.41) is 26.4. The van der Waals surface area contributed by atoms with E-state index in [9.17, 15) is 24.3 Å². The zero-order valence-electron chi connectivity index (χ0n) is 39.6. The standard InChI is InChI=1S/C51H56N8O7S2/c1-27-30(4)68-50-43(27)44(54-38(23-42(62)65-9)47-57-56-31(5)59(47)50)34-18-16-33(17-19-34)37-12-10-11-13-40(37)66-25-41(61)55-46(51(6,7)8)49(64)58-24-36(60)22-39(58)48(63)53-28(2)32-14-20-35(21-15-32)45-29(3)52-26-67-45/h10-21,26,28,36,38-39,46,60H,22-25H2,1-9H3,(H,53,63)(H,55,61)/t28-,36+,38-,39-,46+/m0/s1. The molecular weight excluding hydrogens is 901 g/mol. The van der Waals surface area contributed by atoms with Gasteiger partial charge >= 0.3 is 5.97 Å². The SMILES string of the molecule is COC(=O)C[C@@H]1N=C(c2ccc(-c3ccccc3OCC(=O)N[C@H](C(=O)N3C[C@H](O)C[C@H]3C(=O)N[C@@H](C)c3ccc(-c4scnc4C)cc3)C(C)(C)C)cc2)c2c(sc(C)c2C)-n2c(C)nnc21. The summed E-state index contributed by atoms with van der Waals surface area (Å²) >= 11 is 3.20. The molecule has 5 atom stereocenters. The molecule has 5 heterocycles. The van der Waals surface area contributed by atoms with Crippen molar-refractivity contribution in [3.63, 3.8) is 0 Å². The minimum Gasteiger partial charge on any atom is -0.483 e. The number of methoxy groups -OCH3 is 1. The normalized spacial score (nSPS) is 17.6. The number of nitrogens with zero attached hydrogens (tertiary/aromatic N) is 6. The van der Waals surface area contributed by atoms with Gasteiger partial charge in [-0.2, -0.15) is 0 Å². The van der Waals surface area contributed by atoms with Crippen molar-refractivity contribution in [1.82, 2.24) is 35.3 Å². The Kier molecular flexibility index (Phi) is 13.8. The van der Waals surface area contributed by atoms with Crippen LogP contribution >= 0.6 is 22.7 Å². The lowest BCUT2D eigenvalue weighted by Gasteiger charge is -2.35. The number of ether oxygens (including phenoxy) is 2. The number of nitrogens with one attached hydrogen (secondary N) is 2. The minimum absolute atomic E-state index is 0.00386. The van der Waals surface area contributed by atoms with Crippen LogP contribution in [0.4, 0.5) is 0 Å². The summed E-state index contributed by atoms with van der Waals surface area (Å²) in [5.74, 6) is -0.0533. The number of fused-ring (bicyclic) bond motifs is 3. The highest BCUT2D eigenvalue weighted by Gasteiger charge is 2.45. The van der Waals surface area contributed by atoms with Gasteiger partial charge in [-0.1, -0.05) is 87.5 Å². The number of β-amino-alcohol motifs (C(OH)–C–C–N with tert-alkyl or cyclic N) is 1. The van der Waals surface area contributed by atoms with E-state index in [1.54, 1.807) is 28.7 Å². The van der Waals surface area contributed by atoms with Crippen molar-refractivity contribution in [1.29, 1.82) is 0 Å². The molecule has 3 N–H and O–H groups in total. The van der Waals surface area contributed by atoms with Crippen LogP contribution in [-0.2, 0) is 23.9 Å². The molecule has 15 nitrogen and oxygen atoms in total. The van der Waals surface area contributed by atoms with E-state index in [2.05, 4.69) is 39.7 Å². The third-order valence-electron chi connectivity index (χ3n) is 12.6. The number of aliphatic imine (C=N–C) groups is 1. The molecule has 354 valence electrons. The van der Waals surface area contributed by atoms with Crippen molar-refractivity contribution < 1.29 is 33.8 Å². The van der Waals surface area contributed by atoms with Gasteiger partial charge in [0.25, 0.3) is 5.91 Å². The molecule has 2 aliphatic heterocycles. The lowest BCUT2D eigenvalue weighted by Crippen LogP contribution is -2.58. The van der Waals surface area contributed by atoms with Crippen LogP contribution in [0.1, 0.15) is 97.1 Å². The predicted octanol–water partition coefficient (Wildman–Crippen LogP) is 7.56. The molecule has 1 fully saturated rings. The largest absolute Gasteiger partial charge is 0.483 e. The second kappa shape index (κ2) is 19.6. The Hall–Kier alpha value is -6.56. The van der Waals surface area contributed by atoms with Crippen LogP contribution in [0, 0.1) is 33.1 Å². The van der Waals surface area contributed by atoms with Gasteiger partial charge in [-0.15, -0.1) is 32.9 Å². The number of hydrogen-bond donors (Lipinski definition) is 3. The Balaban J connectivity index is 0.956. The Morgan fingerprint density at radius 2 is 1.60 bits per heavy atom. The zero-order valence-corrected chi connectivity index (χ0v) is 41.3. The molecule has 17 heteroatoms. The molecule has 0 spiro atoms. The van der Waals surface area contributed by atoms with Crippen LogP contribution in [0.25, 0.3) is 26.6 Å². The Morgan fingerprint density at radius 1 is 0.912 bits per heavy atom. The van der Waals surface area contributed by atoms with Gasteiger partial charge in [0.2, 0.25) is 11.8 Å². The second-order valence-corrected chi connectivity index (χ2v) is 20.5. The molecule has 3 aromatic heterocycles. The van der Waals surface area contributed by atoms with Gasteiger partial charge in [0.1, 0.15) is 34.7 Å². The first-order valence-electron chi connectivity index (χ1n) is 22.5. The summed E-state index contributed by atoms with van der Waals surface area (Å²) in [5.41, 5.74) is 9.11. The molecular formula is C51H56N8O7S2. The number of rotatable bonds is 13. The Bertz CT molecular complexity index is 2900. The molecule has 3 aromatic carbocycles. The molecule has 8 rings (SSSR count). The van der Waals surface area contributed by atoms with E-state index in [4.69, 9.17) is 14.5 Å². The van der Waals surface area contributed by atoms with Gasteiger partial charge in [0.15, 0.2) is 12.4 Å². The number of carbonyl (C=O) groups is 4. The van der Waals surface area contributed by atoms with Crippen molar-refractivity contribution in [2.75, 3.05) is 20.3 Å². The quantitative estimate of drug-likeness (QED) is 0.0975. The monoisotopic (exact) mass is 956 g/mol. The number of thiophene rings is 1. The van der Waals surface area contributed by atoms with E-state index in [0.717, 1.165) is 65.1 Å². The first-order chi connectivity index (χ1) is 32.4. The summed E-state index contributed by atoms with van der Waals surface area (Å²) in [4.78, 5) is 67.6. The van der Waals surface area contributed by atoms with Crippen LogP contribution in [0.15, 0.2) is 83.3 Å². The summed E-state index contributed by atoms with van der Waals surface area (Å²) in [7, 11) is 1.36. The number of amides is 3. The van der Waals surface area contributed by atoms with Crippen LogP contribution in [0.3, 0.4) is 0 Å². The molecule has 1 saturated heterocycles. The number of aliphatic hydroxyl groups is 1. The Labute approximate surface area is 403 Å². The molecule has 2 aliphatic rings. The molecule has 0 unspecified atom stereocenters.